The third kappa shape index (κ3) is 8.92. The second kappa shape index (κ2) is 17.9. The Hall–Kier alpha value is -5.98. The second-order valence-electron chi connectivity index (χ2n) is 16.9. The average Bonchev–Trinajstić information content (AvgIpc) is 3.50. The number of hydrogen-bond acceptors (Lipinski definition) is 10. The number of piperidine rings is 2. The average molecular weight is 826 g/mol. The number of piperazine rings is 1. The first-order valence-corrected chi connectivity index (χ1v) is 21.6. The number of carbonyl (C=O) groups excluding carboxylic acids is 4. The highest BCUT2D eigenvalue weighted by atomic mass is 16.5. The van der Waals surface area contributed by atoms with Crippen LogP contribution in [0, 0.1) is 5.92 Å². The summed E-state index contributed by atoms with van der Waals surface area (Å²) in [6.07, 6.45) is 3.28. The maximum absolute atomic E-state index is 13.5. The van der Waals surface area contributed by atoms with Gasteiger partial charge in [-0.2, -0.15) is 0 Å². The standard InChI is InChI=1S/C49H55N5O7/c1-4-41(34-5-12-38(55)13-6-34)46(35-7-14-39(56)15-8-35)36-9-16-40(17-10-36)61-26-25-51-23-21-33(22-24-51)30-53-31(2)28-52(29-32(53)3)37-11-18-42-43(27-37)49(60)54(48(42)59)44-19-20-45(57)50-47(44)58/h5-18,27,31-33,44,55-56H,4,19-26,28-30H2,1-3H3,(H,50,57,58). The van der Waals surface area contributed by atoms with Crippen LogP contribution in [0.5, 0.6) is 17.2 Å². The van der Waals surface area contributed by atoms with Gasteiger partial charge in [0.15, 0.2) is 0 Å². The Morgan fingerprint density at radius 3 is 1.93 bits per heavy atom. The predicted molar refractivity (Wildman–Crippen MR) is 234 cm³/mol. The lowest BCUT2D eigenvalue weighted by molar-refractivity contribution is -0.136. The summed E-state index contributed by atoms with van der Waals surface area (Å²) < 4.78 is 6.25. The fourth-order valence-electron chi connectivity index (χ4n) is 9.62. The number of nitrogens with one attached hydrogen (secondary N) is 1. The number of fused-ring (bicyclic) bond motifs is 1. The third-order valence-corrected chi connectivity index (χ3v) is 12.9. The number of benzene rings is 4. The molecule has 0 bridgehead atoms. The molecule has 12 heteroatoms. The molecule has 12 nitrogen and oxygen atoms in total. The highest BCUT2D eigenvalue weighted by molar-refractivity contribution is 6.23. The van der Waals surface area contributed by atoms with Crippen molar-refractivity contribution in [1.29, 1.82) is 0 Å². The number of carbonyl (C=O) groups is 4. The number of rotatable bonds is 12. The minimum Gasteiger partial charge on any atom is -0.508 e. The van der Waals surface area contributed by atoms with Crippen LogP contribution in [-0.2, 0) is 9.59 Å². The predicted octanol–water partition coefficient (Wildman–Crippen LogP) is 6.56. The topological polar surface area (TPSA) is 143 Å². The van der Waals surface area contributed by atoms with E-state index in [0.29, 0.717) is 35.7 Å². The summed E-state index contributed by atoms with van der Waals surface area (Å²) in [7, 11) is 0. The van der Waals surface area contributed by atoms with E-state index >= 15 is 0 Å². The van der Waals surface area contributed by atoms with Gasteiger partial charge in [0.2, 0.25) is 11.8 Å². The Balaban J connectivity index is 0.818. The normalized spacial score (nSPS) is 22.0. The van der Waals surface area contributed by atoms with Gasteiger partial charge in [-0.15, -0.1) is 0 Å². The quantitative estimate of drug-likeness (QED) is 0.106. The summed E-state index contributed by atoms with van der Waals surface area (Å²) >= 11 is 0. The lowest BCUT2D eigenvalue weighted by Gasteiger charge is -2.47. The number of hydrogen-bond donors (Lipinski definition) is 3. The molecule has 0 radical (unpaired) electrons. The number of amides is 4. The van der Waals surface area contributed by atoms with Crippen molar-refractivity contribution in [2.24, 2.45) is 5.92 Å². The number of nitrogens with zero attached hydrogens (tertiary/aromatic N) is 4. The van der Waals surface area contributed by atoms with Crippen molar-refractivity contribution >= 4 is 40.5 Å². The fraction of sp³-hybridized carbons (Fsp3) is 0.388. The van der Waals surface area contributed by atoms with Gasteiger partial charge in [0.1, 0.15) is 29.9 Å². The molecule has 61 heavy (non-hydrogen) atoms. The van der Waals surface area contributed by atoms with Gasteiger partial charge in [-0.05, 0) is 141 Å². The minimum atomic E-state index is -0.975. The molecule has 3 unspecified atom stereocenters. The molecule has 3 fully saturated rings. The number of imide groups is 2. The summed E-state index contributed by atoms with van der Waals surface area (Å²) in [5, 5.41) is 22.1. The van der Waals surface area contributed by atoms with Gasteiger partial charge in [0, 0.05) is 50.4 Å². The Bertz CT molecular complexity index is 2290. The number of anilines is 1. The number of ether oxygens (including phenoxy) is 1. The first-order chi connectivity index (χ1) is 29.5. The monoisotopic (exact) mass is 825 g/mol. The smallest absolute Gasteiger partial charge is 0.262 e. The number of allylic oxidation sites excluding steroid dienone is 1. The molecule has 0 aliphatic carbocycles. The summed E-state index contributed by atoms with van der Waals surface area (Å²) in [6.45, 7) is 12.8. The van der Waals surface area contributed by atoms with Crippen molar-refractivity contribution in [3.05, 3.63) is 119 Å². The SMILES string of the molecule is CCC(=C(c1ccc(O)cc1)c1ccc(OCCN2CCC(CN3C(C)CN(c4ccc5c(c4)C(=O)N(C4CCC(=O)NC4=O)C5=O)CC3C)CC2)cc1)c1ccc(O)cc1. The Labute approximate surface area is 357 Å². The number of aromatic hydroxyl groups is 2. The van der Waals surface area contributed by atoms with Crippen LogP contribution < -0.4 is 15.0 Å². The first-order valence-electron chi connectivity index (χ1n) is 21.6. The van der Waals surface area contributed by atoms with E-state index in [1.54, 1.807) is 36.4 Å². The minimum absolute atomic E-state index is 0.0928. The van der Waals surface area contributed by atoms with E-state index in [2.05, 4.69) is 52.9 Å². The molecular weight excluding hydrogens is 771 g/mol. The molecular formula is C49H55N5O7. The lowest BCUT2D eigenvalue weighted by atomic mass is 9.88. The van der Waals surface area contributed by atoms with E-state index in [9.17, 15) is 29.4 Å². The van der Waals surface area contributed by atoms with Crippen LogP contribution in [-0.4, -0.2) is 113 Å². The highest BCUT2D eigenvalue weighted by Gasteiger charge is 2.45. The summed E-state index contributed by atoms with van der Waals surface area (Å²) in [5.74, 6) is -0.0827. The molecule has 4 aromatic rings. The van der Waals surface area contributed by atoms with Crippen LogP contribution in [0.3, 0.4) is 0 Å². The third-order valence-electron chi connectivity index (χ3n) is 12.9. The molecule has 0 aromatic heterocycles. The van der Waals surface area contributed by atoms with Gasteiger partial charge in [0.05, 0.1) is 11.1 Å². The van der Waals surface area contributed by atoms with Crippen LogP contribution >= 0.6 is 0 Å². The number of likely N-dealkylation sites (tertiary alicyclic amines) is 1. The molecule has 3 saturated heterocycles. The molecule has 4 aliphatic heterocycles. The maximum atomic E-state index is 13.5. The van der Waals surface area contributed by atoms with Crippen LogP contribution in [0.15, 0.2) is 91.0 Å². The fourth-order valence-corrected chi connectivity index (χ4v) is 9.62. The van der Waals surface area contributed by atoms with Crippen molar-refractivity contribution < 1.29 is 34.1 Å². The van der Waals surface area contributed by atoms with Gasteiger partial charge >= 0.3 is 0 Å². The number of phenolic OH excluding ortho intramolecular Hbond substituents is 2. The van der Waals surface area contributed by atoms with Gasteiger partial charge in [-0.3, -0.25) is 39.2 Å². The summed E-state index contributed by atoms with van der Waals surface area (Å²) in [5.41, 5.74) is 6.81. The Kier molecular flexibility index (Phi) is 12.3. The van der Waals surface area contributed by atoms with E-state index in [4.69, 9.17) is 4.74 Å². The van der Waals surface area contributed by atoms with E-state index in [-0.39, 0.29) is 30.2 Å². The van der Waals surface area contributed by atoms with Crippen molar-refractivity contribution in [2.45, 2.75) is 71.0 Å². The molecule has 4 heterocycles. The molecule has 4 amide bonds. The molecule has 0 spiro atoms. The van der Waals surface area contributed by atoms with Crippen LogP contribution in [0.4, 0.5) is 5.69 Å². The summed E-state index contributed by atoms with van der Waals surface area (Å²) in [6, 6.07) is 27.8. The van der Waals surface area contributed by atoms with Gasteiger partial charge in [0.25, 0.3) is 11.8 Å². The second-order valence-corrected chi connectivity index (χ2v) is 16.9. The van der Waals surface area contributed by atoms with Crippen molar-refractivity contribution in [3.8, 4) is 17.2 Å². The number of phenols is 2. The van der Waals surface area contributed by atoms with Gasteiger partial charge in [-0.1, -0.05) is 43.3 Å². The van der Waals surface area contributed by atoms with Crippen molar-refractivity contribution in [3.63, 3.8) is 0 Å². The molecule has 3 atom stereocenters. The van der Waals surface area contributed by atoms with E-state index < -0.39 is 23.8 Å². The molecule has 3 N–H and O–H groups in total. The van der Waals surface area contributed by atoms with Crippen molar-refractivity contribution in [2.75, 3.05) is 50.8 Å². The zero-order valence-corrected chi connectivity index (χ0v) is 35.2. The highest BCUT2D eigenvalue weighted by Crippen LogP contribution is 2.37. The van der Waals surface area contributed by atoms with Gasteiger partial charge < -0.3 is 19.8 Å². The van der Waals surface area contributed by atoms with E-state index in [1.165, 1.54) is 0 Å². The maximum Gasteiger partial charge on any atom is 0.262 e. The van der Waals surface area contributed by atoms with Gasteiger partial charge in [-0.25, -0.2) is 0 Å². The Morgan fingerprint density at radius 2 is 1.33 bits per heavy atom. The lowest BCUT2D eigenvalue weighted by Crippen LogP contribution is -2.58. The Morgan fingerprint density at radius 1 is 0.738 bits per heavy atom. The zero-order chi connectivity index (χ0) is 42.8. The van der Waals surface area contributed by atoms with Crippen LogP contribution in [0.2, 0.25) is 0 Å². The largest absolute Gasteiger partial charge is 0.508 e. The first kappa shape index (κ1) is 41.7. The van der Waals surface area contributed by atoms with E-state index in [0.717, 1.165) is 103 Å². The van der Waals surface area contributed by atoms with Crippen LogP contribution in [0.25, 0.3) is 11.1 Å². The van der Waals surface area contributed by atoms with Crippen molar-refractivity contribution in [1.82, 2.24) is 20.0 Å². The van der Waals surface area contributed by atoms with E-state index in [1.807, 2.05) is 42.5 Å². The molecule has 318 valence electrons. The summed E-state index contributed by atoms with van der Waals surface area (Å²) in [4.78, 5) is 59.3. The molecule has 0 saturated carbocycles. The zero-order valence-electron chi connectivity index (χ0n) is 35.2. The molecule has 4 aliphatic rings. The molecule has 4 aromatic carbocycles. The van der Waals surface area contributed by atoms with Crippen LogP contribution in [0.1, 0.15) is 90.3 Å². The molecule has 8 rings (SSSR count).